The van der Waals surface area contributed by atoms with Crippen molar-refractivity contribution in [2.75, 3.05) is 18.9 Å². The van der Waals surface area contributed by atoms with E-state index in [0.717, 1.165) is 24.1 Å². The van der Waals surface area contributed by atoms with Crippen LogP contribution < -0.4 is 5.32 Å². The number of amides is 2. The van der Waals surface area contributed by atoms with Gasteiger partial charge in [-0.05, 0) is 42.2 Å². The third kappa shape index (κ3) is 4.94. The van der Waals surface area contributed by atoms with Gasteiger partial charge in [-0.3, -0.25) is 9.59 Å². The first-order chi connectivity index (χ1) is 12.4. The molecule has 0 radical (unpaired) electrons. The summed E-state index contributed by atoms with van der Waals surface area (Å²) in [5, 5.41) is 2.97. The van der Waals surface area contributed by atoms with Gasteiger partial charge in [0, 0.05) is 30.4 Å². The fraction of sp³-hybridized carbons (Fsp3) is 0.364. The van der Waals surface area contributed by atoms with E-state index in [1.165, 1.54) is 0 Å². The lowest BCUT2D eigenvalue weighted by Gasteiger charge is -2.17. The van der Waals surface area contributed by atoms with E-state index in [4.69, 9.17) is 0 Å². The predicted molar refractivity (Wildman–Crippen MR) is 107 cm³/mol. The third-order valence-electron chi connectivity index (χ3n) is 4.40. The summed E-state index contributed by atoms with van der Waals surface area (Å²) in [7, 11) is 1.80. The summed E-state index contributed by atoms with van der Waals surface area (Å²) in [5.41, 5.74) is 2.92. The third-order valence-corrected chi connectivity index (χ3v) is 4.40. The minimum absolute atomic E-state index is 0.0596. The molecule has 4 heteroatoms. The molecule has 0 fully saturated rings. The van der Waals surface area contributed by atoms with Crippen molar-refractivity contribution < 1.29 is 9.59 Å². The van der Waals surface area contributed by atoms with Gasteiger partial charge in [-0.15, -0.1) is 0 Å². The van der Waals surface area contributed by atoms with Gasteiger partial charge in [0.05, 0.1) is 0 Å². The maximum Gasteiger partial charge on any atom is 0.255 e. The summed E-state index contributed by atoms with van der Waals surface area (Å²) in [5.74, 6) is 0.0475. The Kier molecular flexibility index (Phi) is 6.96. The minimum Gasteiger partial charge on any atom is -0.342 e. The van der Waals surface area contributed by atoms with E-state index in [1.54, 1.807) is 36.2 Å². The first-order valence-corrected chi connectivity index (χ1v) is 9.19. The normalized spacial score (nSPS) is 10.7. The van der Waals surface area contributed by atoms with E-state index < -0.39 is 0 Å². The fourth-order valence-electron chi connectivity index (χ4n) is 2.82. The Morgan fingerprint density at radius 1 is 1.04 bits per heavy atom. The van der Waals surface area contributed by atoms with Crippen LogP contribution in [-0.4, -0.2) is 30.3 Å². The van der Waals surface area contributed by atoms with E-state index in [9.17, 15) is 9.59 Å². The van der Waals surface area contributed by atoms with Crippen LogP contribution in [0.15, 0.2) is 48.5 Å². The molecule has 2 rings (SSSR count). The number of para-hydroxylation sites is 1. The van der Waals surface area contributed by atoms with Crippen LogP contribution in [0.25, 0.3) is 0 Å². The molecule has 138 valence electrons. The van der Waals surface area contributed by atoms with Crippen LogP contribution in [0.5, 0.6) is 0 Å². The number of hydrogen-bond donors (Lipinski definition) is 1. The Labute approximate surface area is 156 Å². The van der Waals surface area contributed by atoms with E-state index in [1.807, 2.05) is 24.3 Å². The predicted octanol–water partition coefficient (Wildman–Crippen LogP) is 4.93. The van der Waals surface area contributed by atoms with Crippen LogP contribution in [0.2, 0.25) is 0 Å². The molecular formula is C22H28N2O2. The summed E-state index contributed by atoms with van der Waals surface area (Å²) >= 11 is 0. The van der Waals surface area contributed by atoms with Gasteiger partial charge in [0.15, 0.2) is 0 Å². The molecule has 4 nitrogen and oxygen atoms in total. The second-order valence-electron chi connectivity index (χ2n) is 6.86. The zero-order valence-electron chi connectivity index (χ0n) is 16.1. The number of unbranched alkanes of at least 4 members (excludes halogenated alkanes) is 1. The molecule has 1 N–H and O–H groups in total. The molecule has 0 aliphatic heterocycles. The number of hydrogen-bond acceptors (Lipinski definition) is 2. The first kappa shape index (κ1) is 19.7. The van der Waals surface area contributed by atoms with Gasteiger partial charge in [0.25, 0.3) is 11.8 Å². The number of carbonyl (C=O) groups excluding carboxylic acids is 2. The zero-order valence-corrected chi connectivity index (χ0v) is 16.1. The minimum atomic E-state index is -0.205. The maximum atomic E-state index is 12.7. The van der Waals surface area contributed by atoms with Crippen LogP contribution in [0.1, 0.15) is 65.8 Å². The Morgan fingerprint density at radius 3 is 2.42 bits per heavy atom. The van der Waals surface area contributed by atoms with Gasteiger partial charge in [0.2, 0.25) is 0 Å². The molecule has 0 heterocycles. The second-order valence-corrected chi connectivity index (χ2v) is 6.86. The van der Waals surface area contributed by atoms with Gasteiger partial charge in [-0.1, -0.05) is 51.5 Å². The van der Waals surface area contributed by atoms with Crippen molar-refractivity contribution in [3.8, 4) is 0 Å². The van der Waals surface area contributed by atoms with Gasteiger partial charge in [-0.25, -0.2) is 0 Å². The molecule has 2 amide bonds. The highest BCUT2D eigenvalue weighted by atomic mass is 16.2. The molecule has 0 aliphatic rings. The molecule has 0 aromatic heterocycles. The lowest BCUT2D eigenvalue weighted by atomic mass is 10.0. The number of carbonyl (C=O) groups is 2. The number of nitrogens with zero attached hydrogens (tertiary/aromatic N) is 1. The molecule has 2 aromatic carbocycles. The Balaban J connectivity index is 2.17. The van der Waals surface area contributed by atoms with Gasteiger partial charge in [0.1, 0.15) is 0 Å². The first-order valence-electron chi connectivity index (χ1n) is 9.19. The molecule has 0 unspecified atom stereocenters. The zero-order chi connectivity index (χ0) is 19.1. The van der Waals surface area contributed by atoms with Crippen LogP contribution >= 0.6 is 0 Å². The topological polar surface area (TPSA) is 49.4 Å². The maximum absolute atomic E-state index is 12.7. The second kappa shape index (κ2) is 9.18. The molecule has 0 saturated heterocycles. The SMILES string of the molecule is CCCCN(C)C(=O)c1cccc(C(=O)Nc2ccccc2C(C)C)c1. The Hall–Kier alpha value is -2.62. The molecule has 0 aliphatic carbocycles. The Morgan fingerprint density at radius 2 is 1.73 bits per heavy atom. The average molecular weight is 352 g/mol. The van der Waals surface area contributed by atoms with Gasteiger partial charge >= 0.3 is 0 Å². The monoisotopic (exact) mass is 352 g/mol. The highest BCUT2D eigenvalue weighted by Gasteiger charge is 2.15. The smallest absolute Gasteiger partial charge is 0.255 e. The molecule has 0 atom stereocenters. The van der Waals surface area contributed by atoms with Crippen molar-refractivity contribution in [1.82, 2.24) is 4.90 Å². The van der Waals surface area contributed by atoms with Gasteiger partial charge in [-0.2, -0.15) is 0 Å². The van der Waals surface area contributed by atoms with Crippen molar-refractivity contribution in [3.05, 3.63) is 65.2 Å². The number of nitrogens with one attached hydrogen (secondary N) is 1. The quantitative estimate of drug-likeness (QED) is 0.768. The van der Waals surface area contributed by atoms with Crippen molar-refractivity contribution in [2.24, 2.45) is 0 Å². The number of benzene rings is 2. The number of anilines is 1. The standard InChI is InChI=1S/C22H28N2O2/c1-5-6-14-24(4)22(26)18-11-9-10-17(15-18)21(25)23-20-13-8-7-12-19(20)16(2)3/h7-13,15-16H,5-6,14H2,1-4H3,(H,23,25). The van der Waals surface area contributed by atoms with E-state index in [-0.39, 0.29) is 11.8 Å². The lowest BCUT2D eigenvalue weighted by Crippen LogP contribution is -2.28. The summed E-state index contributed by atoms with van der Waals surface area (Å²) < 4.78 is 0. The van der Waals surface area contributed by atoms with E-state index in [2.05, 4.69) is 26.1 Å². The molecule has 2 aromatic rings. The Bertz CT molecular complexity index is 768. The summed E-state index contributed by atoms with van der Waals surface area (Å²) in [6.07, 6.45) is 2.00. The van der Waals surface area contributed by atoms with Crippen LogP contribution in [0.4, 0.5) is 5.69 Å². The molecule has 0 bridgehead atoms. The molecule has 0 saturated carbocycles. The van der Waals surface area contributed by atoms with Gasteiger partial charge < -0.3 is 10.2 Å². The molecule has 26 heavy (non-hydrogen) atoms. The van der Waals surface area contributed by atoms with Crippen LogP contribution in [0.3, 0.4) is 0 Å². The lowest BCUT2D eigenvalue weighted by molar-refractivity contribution is 0.0793. The van der Waals surface area contributed by atoms with Crippen molar-refractivity contribution in [3.63, 3.8) is 0 Å². The summed E-state index contributed by atoms with van der Waals surface area (Å²) in [6, 6.07) is 14.7. The molecular weight excluding hydrogens is 324 g/mol. The van der Waals surface area contributed by atoms with Crippen molar-refractivity contribution in [2.45, 2.75) is 39.5 Å². The summed E-state index contributed by atoms with van der Waals surface area (Å²) in [4.78, 5) is 26.9. The van der Waals surface area contributed by atoms with Crippen LogP contribution in [0, 0.1) is 0 Å². The highest BCUT2D eigenvalue weighted by molar-refractivity contribution is 6.06. The van der Waals surface area contributed by atoms with Crippen molar-refractivity contribution in [1.29, 1.82) is 0 Å². The molecule has 0 spiro atoms. The van der Waals surface area contributed by atoms with Crippen molar-refractivity contribution >= 4 is 17.5 Å². The summed E-state index contributed by atoms with van der Waals surface area (Å²) in [6.45, 7) is 7.00. The largest absolute Gasteiger partial charge is 0.342 e. The average Bonchev–Trinajstić information content (AvgIpc) is 2.65. The van der Waals surface area contributed by atoms with E-state index in [0.29, 0.717) is 23.6 Å². The van der Waals surface area contributed by atoms with Crippen LogP contribution in [-0.2, 0) is 0 Å². The number of rotatable bonds is 7. The fourth-order valence-corrected chi connectivity index (χ4v) is 2.82. The highest BCUT2D eigenvalue weighted by Crippen LogP contribution is 2.24. The van der Waals surface area contributed by atoms with E-state index >= 15 is 0 Å².